The van der Waals surface area contributed by atoms with E-state index in [1.54, 1.807) is 29.7 Å². The van der Waals surface area contributed by atoms with Gasteiger partial charge in [0.25, 0.3) is 0 Å². The van der Waals surface area contributed by atoms with E-state index in [0.717, 1.165) is 12.4 Å². The van der Waals surface area contributed by atoms with Gasteiger partial charge in [-0.15, -0.1) is 10.2 Å². The van der Waals surface area contributed by atoms with Crippen LogP contribution in [0.4, 0.5) is 10.3 Å². The average molecular weight is 535 g/mol. The molecule has 13 heteroatoms. The molecule has 0 saturated carbocycles. The number of methoxy groups -OCH3 is 2. The number of rotatable bonds is 9. The lowest BCUT2D eigenvalue weighted by molar-refractivity contribution is 0.0360. The summed E-state index contributed by atoms with van der Waals surface area (Å²) in [6.07, 6.45) is 2.67. The fourth-order valence-electron chi connectivity index (χ4n) is 4.36. The third kappa shape index (κ3) is 5.37. The van der Waals surface area contributed by atoms with Crippen LogP contribution in [0.25, 0.3) is 5.69 Å². The summed E-state index contributed by atoms with van der Waals surface area (Å²) in [7, 11) is -1.00. The minimum absolute atomic E-state index is 0.0263. The Morgan fingerprint density at radius 1 is 1.14 bits per heavy atom. The van der Waals surface area contributed by atoms with Gasteiger partial charge in [-0.3, -0.25) is 9.29 Å². The van der Waals surface area contributed by atoms with Crippen molar-refractivity contribution >= 4 is 16.0 Å². The fourth-order valence-corrected chi connectivity index (χ4v) is 5.59. The summed E-state index contributed by atoms with van der Waals surface area (Å²) in [5.41, 5.74) is 0.0860. The van der Waals surface area contributed by atoms with Gasteiger partial charge in [0, 0.05) is 11.8 Å². The van der Waals surface area contributed by atoms with E-state index >= 15 is 0 Å². The van der Waals surface area contributed by atoms with E-state index in [2.05, 4.69) is 24.9 Å². The first-order valence-electron chi connectivity index (χ1n) is 11.8. The minimum Gasteiger partial charge on any atom is -0.494 e. The molecule has 0 aliphatic carbocycles. The zero-order valence-corrected chi connectivity index (χ0v) is 22.4. The molecule has 37 heavy (non-hydrogen) atoms. The van der Waals surface area contributed by atoms with Gasteiger partial charge < -0.3 is 14.2 Å². The van der Waals surface area contributed by atoms with Gasteiger partial charge in [-0.05, 0) is 39.3 Å². The van der Waals surface area contributed by atoms with Crippen LogP contribution >= 0.6 is 0 Å². The molecule has 1 saturated heterocycles. The van der Waals surface area contributed by atoms with Gasteiger partial charge in [-0.1, -0.05) is 13.0 Å². The van der Waals surface area contributed by atoms with Crippen LogP contribution < -0.4 is 14.2 Å². The second kappa shape index (κ2) is 10.2. The van der Waals surface area contributed by atoms with Gasteiger partial charge in [-0.2, -0.15) is 0 Å². The van der Waals surface area contributed by atoms with Crippen molar-refractivity contribution in [2.45, 2.75) is 56.8 Å². The molecule has 0 bridgehead atoms. The van der Waals surface area contributed by atoms with Crippen LogP contribution in [0, 0.1) is 5.82 Å². The van der Waals surface area contributed by atoms with Crippen LogP contribution in [0.5, 0.6) is 11.5 Å². The summed E-state index contributed by atoms with van der Waals surface area (Å²) < 4.78 is 61.6. The maximum atomic E-state index is 13.5. The Bertz CT molecular complexity index is 1340. The van der Waals surface area contributed by atoms with Gasteiger partial charge >= 0.3 is 0 Å². The monoisotopic (exact) mass is 534 g/mol. The van der Waals surface area contributed by atoms with E-state index in [1.807, 2.05) is 13.8 Å². The van der Waals surface area contributed by atoms with Gasteiger partial charge in [0.15, 0.2) is 5.82 Å². The van der Waals surface area contributed by atoms with Gasteiger partial charge in [0.2, 0.25) is 16.0 Å². The Morgan fingerprint density at radius 3 is 2.30 bits per heavy atom. The highest BCUT2D eigenvalue weighted by atomic mass is 32.2. The predicted molar refractivity (Wildman–Crippen MR) is 134 cm³/mol. The summed E-state index contributed by atoms with van der Waals surface area (Å²) >= 11 is 0. The molecule has 1 aliphatic rings. The average Bonchev–Trinajstić information content (AvgIpc) is 3.44. The highest BCUT2D eigenvalue weighted by molar-refractivity contribution is 7.93. The molecule has 4 rings (SSSR count). The molecule has 11 nitrogen and oxygen atoms in total. The van der Waals surface area contributed by atoms with Crippen LogP contribution in [-0.4, -0.2) is 64.8 Å². The first-order valence-corrected chi connectivity index (χ1v) is 13.3. The van der Waals surface area contributed by atoms with E-state index in [0.29, 0.717) is 36.0 Å². The molecule has 200 valence electrons. The lowest BCUT2D eigenvalue weighted by atomic mass is 9.97. The SMILES string of the molecule is COc1cccc(OC)c1-n1c(NS(=O)(=O)C(C)C(C)c2ncc(F)cn2)nnc1[C@@H]1COC(C)(C)C1. The Kier molecular flexibility index (Phi) is 7.38. The van der Waals surface area contributed by atoms with Crippen molar-refractivity contribution in [3.05, 3.63) is 48.1 Å². The molecule has 0 amide bonds. The number of hydrogen-bond donors (Lipinski definition) is 1. The largest absolute Gasteiger partial charge is 0.494 e. The molecular weight excluding hydrogens is 503 g/mol. The molecule has 0 spiro atoms. The number of hydrogen-bond acceptors (Lipinski definition) is 9. The van der Waals surface area contributed by atoms with E-state index in [1.165, 1.54) is 21.1 Å². The molecule has 3 aromatic rings. The first-order chi connectivity index (χ1) is 17.5. The van der Waals surface area contributed by atoms with Crippen LogP contribution in [0.3, 0.4) is 0 Å². The van der Waals surface area contributed by atoms with Crippen LogP contribution in [-0.2, 0) is 14.8 Å². The summed E-state index contributed by atoms with van der Waals surface area (Å²) in [4.78, 5) is 7.88. The van der Waals surface area contributed by atoms with Crippen molar-refractivity contribution in [3.8, 4) is 17.2 Å². The molecule has 2 unspecified atom stereocenters. The van der Waals surface area contributed by atoms with Crippen molar-refractivity contribution in [2.75, 3.05) is 25.5 Å². The molecule has 3 atom stereocenters. The number of ether oxygens (including phenoxy) is 3. The van der Waals surface area contributed by atoms with E-state index in [-0.39, 0.29) is 23.3 Å². The summed E-state index contributed by atoms with van der Waals surface area (Å²) in [5.74, 6) is 0.182. The lowest BCUT2D eigenvalue weighted by Crippen LogP contribution is -2.31. The smallest absolute Gasteiger partial charge is 0.243 e. The second-order valence-corrected chi connectivity index (χ2v) is 11.6. The van der Waals surface area contributed by atoms with Crippen LogP contribution in [0.15, 0.2) is 30.6 Å². The minimum atomic E-state index is -4.03. The number of para-hydroxylation sites is 1. The molecular formula is C24H31FN6O5S. The van der Waals surface area contributed by atoms with E-state index < -0.39 is 27.0 Å². The Morgan fingerprint density at radius 2 is 1.76 bits per heavy atom. The number of aromatic nitrogens is 5. The number of halogens is 1. The predicted octanol–water partition coefficient (Wildman–Crippen LogP) is 3.43. The topological polar surface area (TPSA) is 130 Å². The number of anilines is 1. The highest BCUT2D eigenvalue weighted by Gasteiger charge is 2.38. The molecule has 0 radical (unpaired) electrons. The number of sulfonamides is 1. The highest BCUT2D eigenvalue weighted by Crippen LogP contribution is 2.41. The maximum absolute atomic E-state index is 13.5. The van der Waals surface area contributed by atoms with Crippen molar-refractivity contribution in [1.29, 1.82) is 0 Å². The molecule has 1 aromatic carbocycles. The van der Waals surface area contributed by atoms with Gasteiger partial charge in [0.1, 0.15) is 28.8 Å². The molecule has 1 fully saturated rings. The number of benzene rings is 1. The normalized spacial score (nSPS) is 18.8. The molecule has 1 aliphatic heterocycles. The molecule has 1 N–H and O–H groups in total. The third-order valence-corrected chi connectivity index (χ3v) is 8.42. The van der Waals surface area contributed by atoms with Crippen LogP contribution in [0.1, 0.15) is 57.6 Å². The Labute approximate surface area is 215 Å². The lowest BCUT2D eigenvalue weighted by Gasteiger charge is -2.22. The van der Waals surface area contributed by atoms with Crippen LogP contribution in [0.2, 0.25) is 0 Å². The summed E-state index contributed by atoms with van der Waals surface area (Å²) in [5, 5.41) is 7.61. The Balaban J connectivity index is 1.78. The maximum Gasteiger partial charge on any atom is 0.243 e. The van der Waals surface area contributed by atoms with Gasteiger partial charge in [-0.25, -0.2) is 22.8 Å². The van der Waals surface area contributed by atoms with Crippen molar-refractivity contribution in [3.63, 3.8) is 0 Å². The van der Waals surface area contributed by atoms with Crippen molar-refractivity contribution < 1.29 is 27.0 Å². The quantitative estimate of drug-likeness (QED) is 0.439. The zero-order chi connectivity index (χ0) is 27.0. The standard InChI is InChI=1S/C24H31FN6O5S/c1-14(21-26-11-17(25)12-27-21)15(2)37(32,33)30-23-29-28-22(16-10-24(3,4)36-13-16)31(23)20-18(34-5)8-7-9-19(20)35-6/h7-9,11-12,14-16H,10,13H2,1-6H3,(H,29,30)/t14?,15?,16-/m0/s1. The van der Waals surface area contributed by atoms with Crippen molar-refractivity contribution in [1.82, 2.24) is 24.7 Å². The van der Waals surface area contributed by atoms with Crippen molar-refractivity contribution in [2.24, 2.45) is 0 Å². The second-order valence-electron chi connectivity index (χ2n) is 9.60. The van der Waals surface area contributed by atoms with E-state index in [9.17, 15) is 12.8 Å². The molecule has 3 heterocycles. The fraction of sp³-hybridized carbons (Fsp3) is 0.500. The summed E-state index contributed by atoms with van der Waals surface area (Å²) in [6.45, 7) is 7.56. The third-order valence-electron chi connectivity index (χ3n) is 6.57. The zero-order valence-electron chi connectivity index (χ0n) is 21.6. The molecule has 2 aromatic heterocycles. The summed E-state index contributed by atoms with van der Waals surface area (Å²) in [6, 6.07) is 5.25. The van der Waals surface area contributed by atoms with Gasteiger partial charge in [0.05, 0.1) is 44.1 Å². The first kappa shape index (κ1) is 26.7. The Hall–Kier alpha value is -3.32. The number of nitrogens with zero attached hydrogens (tertiary/aromatic N) is 5. The number of nitrogens with one attached hydrogen (secondary N) is 1. The van der Waals surface area contributed by atoms with E-state index in [4.69, 9.17) is 14.2 Å².